The van der Waals surface area contributed by atoms with Crippen LogP contribution in [0.15, 0.2) is 4.99 Å². The lowest BCUT2D eigenvalue weighted by Gasteiger charge is -2.24. The Balaban J connectivity index is 2.64. The van der Waals surface area contributed by atoms with Crippen LogP contribution in [0.5, 0.6) is 0 Å². The second-order valence-corrected chi connectivity index (χ2v) is 4.49. The Kier molecular flexibility index (Phi) is 4.12. The average molecular weight is 211 g/mol. The lowest BCUT2D eigenvalue weighted by Crippen LogP contribution is -2.44. The minimum Gasteiger partial charge on any atom is -0.386 e. The topological polar surface area (TPSA) is 58.7 Å². The molecule has 0 aliphatic carbocycles. The lowest BCUT2D eigenvalue weighted by molar-refractivity contribution is -0.131. The average Bonchev–Trinajstić information content (AvgIpc) is 2.63. The van der Waals surface area contributed by atoms with Crippen LogP contribution < -0.4 is 5.73 Å². The molecule has 1 atom stereocenters. The monoisotopic (exact) mass is 211 g/mol. The summed E-state index contributed by atoms with van der Waals surface area (Å²) in [7, 11) is 1.68. The van der Waals surface area contributed by atoms with E-state index in [4.69, 9.17) is 5.73 Å². The SMILES string of the molecule is CN=C(N)[C@@H]1CCCN1C(=O)CC(C)C. The lowest BCUT2D eigenvalue weighted by atomic mass is 10.1. The first-order valence-electron chi connectivity index (χ1n) is 5.58. The molecule has 0 bridgehead atoms. The van der Waals surface area contributed by atoms with Crippen LogP contribution in [0.1, 0.15) is 33.1 Å². The van der Waals surface area contributed by atoms with Gasteiger partial charge in [0.25, 0.3) is 0 Å². The second-order valence-electron chi connectivity index (χ2n) is 4.49. The number of amides is 1. The summed E-state index contributed by atoms with van der Waals surface area (Å²) in [5.74, 6) is 1.20. The van der Waals surface area contributed by atoms with Gasteiger partial charge in [-0.2, -0.15) is 0 Å². The summed E-state index contributed by atoms with van der Waals surface area (Å²) >= 11 is 0. The van der Waals surface area contributed by atoms with Crippen LogP contribution in [0.25, 0.3) is 0 Å². The van der Waals surface area contributed by atoms with Crippen LogP contribution in [0.3, 0.4) is 0 Å². The van der Waals surface area contributed by atoms with E-state index in [2.05, 4.69) is 18.8 Å². The predicted octanol–water partition coefficient (Wildman–Crippen LogP) is 1.01. The molecule has 1 saturated heterocycles. The van der Waals surface area contributed by atoms with E-state index in [1.807, 2.05) is 4.90 Å². The molecule has 0 unspecified atom stereocenters. The number of amidine groups is 1. The van der Waals surface area contributed by atoms with Gasteiger partial charge < -0.3 is 10.6 Å². The molecule has 2 N–H and O–H groups in total. The zero-order valence-electron chi connectivity index (χ0n) is 9.86. The van der Waals surface area contributed by atoms with Gasteiger partial charge in [-0.25, -0.2) is 0 Å². The molecule has 0 radical (unpaired) electrons. The normalized spacial score (nSPS) is 22.5. The molecule has 1 aliphatic heterocycles. The zero-order valence-corrected chi connectivity index (χ0v) is 9.86. The van der Waals surface area contributed by atoms with Crippen molar-refractivity contribution in [3.05, 3.63) is 0 Å². The number of rotatable bonds is 3. The van der Waals surface area contributed by atoms with E-state index >= 15 is 0 Å². The standard InChI is InChI=1S/C11H21N3O/c1-8(2)7-10(15)14-6-4-5-9(14)11(12)13-3/h8-9H,4-7H2,1-3H3,(H2,12,13)/t9-/m0/s1. The Morgan fingerprint density at radius 1 is 1.60 bits per heavy atom. The summed E-state index contributed by atoms with van der Waals surface area (Å²) in [5.41, 5.74) is 5.79. The molecule has 0 aromatic heterocycles. The van der Waals surface area contributed by atoms with Gasteiger partial charge in [0.15, 0.2) is 0 Å². The van der Waals surface area contributed by atoms with Crippen LogP contribution in [-0.2, 0) is 4.79 Å². The fraction of sp³-hybridized carbons (Fsp3) is 0.818. The molecule has 15 heavy (non-hydrogen) atoms. The summed E-state index contributed by atoms with van der Waals surface area (Å²) in [5, 5.41) is 0. The zero-order chi connectivity index (χ0) is 11.4. The van der Waals surface area contributed by atoms with Gasteiger partial charge in [0, 0.05) is 20.0 Å². The van der Waals surface area contributed by atoms with Crippen molar-refractivity contribution in [1.29, 1.82) is 0 Å². The minimum atomic E-state index is 0.0428. The number of nitrogens with two attached hydrogens (primary N) is 1. The molecule has 4 nitrogen and oxygen atoms in total. The molecule has 1 rings (SSSR count). The largest absolute Gasteiger partial charge is 0.386 e. The van der Waals surface area contributed by atoms with Gasteiger partial charge in [0.1, 0.15) is 5.84 Å². The number of hydrogen-bond acceptors (Lipinski definition) is 2. The van der Waals surface area contributed by atoms with Crippen molar-refractivity contribution in [1.82, 2.24) is 4.90 Å². The highest BCUT2D eigenvalue weighted by Gasteiger charge is 2.30. The maximum atomic E-state index is 11.9. The van der Waals surface area contributed by atoms with Gasteiger partial charge in [0.2, 0.25) is 5.91 Å². The molecular weight excluding hydrogens is 190 g/mol. The number of nitrogens with zero attached hydrogens (tertiary/aromatic N) is 2. The highest BCUT2D eigenvalue weighted by molar-refractivity contribution is 5.90. The van der Waals surface area contributed by atoms with Gasteiger partial charge in [-0.1, -0.05) is 13.8 Å². The van der Waals surface area contributed by atoms with Crippen LogP contribution in [0.4, 0.5) is 0 Å². The van der Waals surface area contributed by atoms with Gasteiger partial charge in [-0.05, 0) is 18.8 Å². The van der Waals surface area contributed by atoms with Crippen LogP contribution in [-0.4, -0.2) is 36.3 Å². The fourth-order valence-corrected chi connectivity index (χ4v) is 1.99. The Bertz CT molecular complexity index is 261. The van der Waals surface area contributed by atoms with E-state index in [9.17, 15) is 4.79 Å². The molecular formula is C11H21N3O. The van der Waals surface area contributed by atoms with Crippen molar-refractivity contribution >= 4 is 11.7 Å². The van der Waals surface area contributed by atoms with Crippen molar-refractivity contribution in [2.45, 2.75) is 39.2 Å². The molecule has 1 amide bonds. The van der Waals surface area contributed by atoms with E-state index in [1.165, 1.54) is 0 Å². The van der Waals surface area contributed by atoms with E-state index in [0.29, 0.717) is 18.2 Å². The molecule has 86 valence electrons. The number of hydrogen-bond donors (Lipinski definition) is 1. The van der Waals surface area contributed by atoms with Gasteiger partial charge >= 0.3 is 0 Å². The Hall–Kier alpha value is -1.06. The number of carbonyl (C=O) groups excluding carboxylic acids is 1. The summed E-state index contributed by atoms with van der Waals surface area (Å²) in [6, 6.07) is 0.0428. The fourth-order valence-electron chi connectivity index (χ4n) is 1.99. The number of aliphatic imine (C=N–C) groups is 1. The van der Waals surface area contributed by atoms with Crippen LogP contribution >= 0.6 is 0 Å². The first kappa shape index (κ1) is 12.0. The first-order valence-corrected chi connectivity index (χ1v) is 5.58. The highest BCUT2D eigenvalue weighted by Crippen LogP contribution is 2.19. The summed E-state index contributed by atoms with van der Waals surface area (Å²) in [6.45, 7) is 4.94. The van der Waals surface area contributed by atoms with Gasteiger partial charge in [0.05, 0.1) is 6.04 Å². The molecule has 0 spiro atoms. The maximum Gasteiger partial charge on any atom is 0.223 e. The molecule has 1 fully saturated rings. The Morgan fingerprint density at radius 3 is 2.80 bits per heavy atom. The third-order valence-electron chi connectivity index (χ3n) is 2.76. The molecule has 1 heterocycles. The van der Waals surface area contributed by atoms with E-state index < -0.39 is 0 Å². The van der Waals surface area contributed by atoms with Crippen molar-refractivity contribution in [3.63, 3.8) is 0 Å². The quantitative estimate of drug-likeness (QED) is 0.559. The van der Waals surface area contributed by atoms with Crippen molar-refractivity contribution in [3.8, 4) is 0 Å². The highest BCUT2D eigenvalue weighted by atomic mass is 16.2. The molecule has 1 aliphatic rings. The molecule has 0 saturated carbocycles. The molecule has 0 aromatic carbocycles. The Labute approximate surface area is 91.5 Å². The van der Waals surface area contributed by atoms with Crippen LogP contribution in [0, 0.1) is 5.92 Å². The van der Waals surface area contributed by atoms with Gasteiger partial charge in [-0.15, -0.1) is 0 Å². The van der Waals surface area contributed by atoms with E-state index in [1.54, 1.807) is 7.05 Å². The van der Waals surface area contributed by atoms with Crippen molar-refractivity contribution < 1.29 is 4.79 Å². The Morgan fingerprint density at radius 2 is 2.27 bits per heavy atom. The minimum absolute atomic E-state index is 0.0428. The van der Waals surface area contributed by atoms with Gasteiger partial charge in [-0.3, -0.25) is 9.79 Å². The third-order valence-corrected chi connectivity index (χ3v) is 2.76. The summed E-state index contributed by atoms with van der Waals surface area (Å²) in [6.07, 6.45) is 2.59. The number of carbonyl (C=O) groups is 1. The first-order chi connectivity index (χ1) is 7.06. The summed E-state index contributed by atoms with van der Waals surface area (Å²) < 4.78 is 0. The smallest absolute Gasteiger partial charge is 0.223 e. The predicted molar refractivity (Wildman–Crippen MR) is 61.7 cm³/mol. The van der Waals surface area contributed by atoms with Crippen LogP contribution in [0.2, 0.25) is 0 Å². The van der Waals surface area contributed by atoms with Crippen molar-refractivity contribution in [2.75, 3.05) is 13.6 Å². The maximum absolute atomic E-state index is 11.9. The third kappa shape index (κ3) is 2.94. The molecule has 4 heteroatoms. The molecule has 0 aromatic rings. The second kappa shape index (κ2) is 5.14. The van der Waals surface area contributed by atoms with E-state index in [0.717, 1.165) is 19.4 Å². The summed E-state index contributed by atoms with van der Waals surface area (Å²) in [4.78, 5) is 17.8. The number of likely N-dealkylation sites (tertiary alicyclic amines) is 1. The van der Waals surface area contributed by atoms with Crippen molar-refractivity contribution in [2.24, 2.45) is 16.6 Å². The van der Waals surface area contributed by atoms with E-state index in [-0.39, 0.29) is 11.9 Å².